The molecule has 0 radical (unpaired) electrons. The van der Waals surface area contributed by atoms with E-state index in [0.29, 0.717) is 29.7 Å². The van der Waals surface area contributed by atoms with Crippen molar-refractivity contribution in [3.63, 3.8) is 0 Å². The Morgan fingerprint density at radius 3 is 2.07 bits per heavy atom. The number of hydrogen-bond donors (Lipinski definition) is 2. The molecule has 0 saturated heterocycles. The lowest BCUT2D eigenvalue weighted by Crippen LogP contribution is -2.24. The quantitative estimate of drug-likeness (QED) is 0.359. The van der Waals surface area contributed by atoms with Crippen LogP contribution in [-0.2, 0) is 9.47 Å². The van der Waals surface area contributed by atoms with Crippen molar-refractivity contribution in [2.75, 3.05) is 39.6 Å². The summed E-state index contributed by atoms with van der Waals surface area (Å²) in [6.45, 7) is 8.24. The zero-order valence-corrected chi connectivity index (χ0v) is 17.0. The third kappa shape index (κ3) is 7.34. The summed E-state index contributed by atoms with van der Waals surface area (Å²) in [4.78, 5) is 0. The Hall–Kier alpha value is -2.09. The number of ether oxygens (including phenoxy) is 4. The molecule has 2 rings (SSSR count). The molecule has 2 aromatic carbocycles. The van der Waals surface area contributed by atoms with Gasteiger partial charge in [0.1, 0.15) is 36.9 Å². The van der Waals surface area contributed by atoms with Crippen LogP contribution in [0.4, 0.5) is 0 Å². The van der Waals surface area contributed by atoms with Crippen molar-refractivity contribution in [1.29, 1.82) is 0 Å². The highest BCUT2D eigenvalue weighted by Crippen LogP contribution is 2.37. The molecule has 0 fully saturated rings. The van der Waals surface area contributed by atoms with Gasteiger partial charge in [0.15, 0.2) is 0 Å². The van der Waals surface area contributed by atoms with E-state index in [-0.39, 0.29) is 26.4 Å². The van der Waals surface area contributed by atoms with Gasteiger partial charge in [-0.05, 0) is 18.2 Å². The van der Waals surface area contributed by atoms with E-state index in [9.17, 15) is 10.2 Å². The molecule has 0 aromatic heterocycles. The highest BCUT2D eigenvalue weighted by Gasteiger charge is 2.14. The third-order valence-corrected chi connectivity index (χ3v) is 4.16. The smallest absolute Gasteiger partial charge is 0.145 e. The van der Waals surface area contributed by atoms with Crippen molar-refractivity contribution in [2.45, 2.75) is 12.2 Å². The number of aliphatic hydroxyl groups is 2. The first-order valence-electron chi connectivity index (χ1n) is 9.27. The summed E-state index contributed by atoms with van der Waals surface area (Å²) in [5.74, 6) is 1.04. The molecule has 2 aromatic rings. The Morgan fingerprint density at radius 1 is 0.828 bits per heavy atom. The van der Waals surface area contributed by atoms with E-state index in [1.807, 2.05) is 18.2 Å². The van der Waals surface area contributed by atoms with Gasteiger partial charge in [-0.3, -0.25) is 0 Å². The Morgan fingerprint density at radius 2 is 1.45 bits per heavy atom. The second kappa shape index (κ2) is 12.5. The molecule has 2 N–H and O–H groups in total. The second-order valence-corrected chi connectivity index (χ2v) is 6.72. The van der Waals surface area contributed by atoms with Gasteiger partial charge in [-0.15, -0.1) is 13.2 Å². The van der Waals surface area contributed by atoms with Crippen LogP contribution < -0.4 is 9.47 Å². The highest BCUT2D eigenvalue weighted by molar-refractivity contribution is 6.33. The van der Waals surface area contributed by atoms with E-state index in [0.717, 1.165) is 10.8 Å². The summed E-state index contributed by atoms with van der Waals surface area (Å²) >= 11 is 6.31. The first-order chi connectivity index (χ1) is 14.1. The molecule has 0 aliphatic heterocycles. The average molecular weight is 423 g/mol. The second-order valence-electron chi connectivity index (χ2n) is 6.31. The monoisotopic (exact) mass is 422 g/mol. The minimum atomic E-state index is -0.800. The summed E-state index contributed by atoms with van der Waals surface area (Å²) in [6.07, 6.45) is 1.66. The molecule has 2 unspecified atom stereocenters. The van der Waals surface area contributed by atoms with Crippen LogP contribution >= 0.6 is 11.6 Å². The van der Waals surface area contributed by atoms with Crippen LogP contribution in [0.3, 0.4) is 0 Å². The molecule has 0 saturated carbocycles. The lowest BCUT2D eigenvalue weighted by Gasteiger charge is -2.17. The first-order valence-corrected chi connectivity index (χ1v) is 9.64. The predicted octanol–water partition coefficient (Wildman–Crippen LogP) is 3.38. The van der Waals surface area contributed by atoms with Gasteiger partial charge in [0.25, 0.3) is 0 Å². The van der Waals surface area contributed by atoms with Gasteiger partial charge in [0, 0.05) is 10.8 Å². The van der Waals surface area contributed by atoms with Crippen LogP contribution in [0.25, 0.3) is 10.8 Å². The predicted molar refractivity (Wildman–Crippen MR) is 114 cm³/mol. The molecule has 0 spiro atoms. The van der Waals surface area contributed by atoms with Gasteiger partial charge in [0.05, 0.1) is 31.5 Å². The molecular weight excluding hydrogens is 396 g/mol. The maximum Gasteiger partial charge on any atom is 0.145 e. The minimum Gasteiger partial charge on any atom is -0.490 e. The zero-order valence-electron chi connectivity index (χ0n) is 16.3. The molecule has 2 atom stereocenters. The van der Waals surface area contributed by atoms with E-state index >= 15 is 0 Å². The largest absolute Gasteiger partial charge is 0.490 e. The molecule has 29 heavy (non-hydrogen) atoms. The van der Waals surface area contributed by atoms with E-state index < -0.39 is 12.2 Å². The fourth-order valence-corrected chi connectivity index (χ4v) is 2.80. The van der Waals surface area contributed by atoms with Crippen LogP contribution in [-0.4, -0.2) is 62.1 Å². The lowest BCUT2D eigenvalue weighted by molar-refractivity contribution is 0.0214. The number of rotatable bonds is 14. The van der Waals surface area contributed by atoms with Gasteiger partial charge in [-0.25, -0.2) is 0 Å². The van der Waals surface area contributed by atoms with E-state index in [1.165, 1.54) is 0 Å². The normalized spacial score (nSPS) is 13.1. The van der Waals surface area contributed by atoms with Crippen LogP contribution in [0, 0.1) is 0 Å². The van der Waals surface area contributed by atoms with Crippen LogP contribution in [0.1, 0.15) is 0 Å². The van der Waals surface area contributed by atoms with Crippen molar-refractivity contribution in [3.05, 3.63) is 60.7 Å². The molecule has 6 nitrogen and oxygen atoms in total. The molecular formula is C22H27ClO6. The number of hydrogen-bond acceptors (Lipinski definition) is 6. The Bertz CT molecular complexity index is 794. The van der Waals surface area contributed by atoms with Gasteiger partial charge in [-0.1, -0.05) is 35.9 Å². The van der Waals surface area contributed by atoms with Crippen LogP contribution in [0.5, 0.6) is 11.5 Å². The van der Waals surface area contributed by atoms with Gasteiger partial charge >= 0.3 is 0 Å². The highest BCUT2D eigenvalue weighted by atomic mass is 35.5. The van der Waals surface area contributed by atoms with Gasteiger partial charge in [0.2, 0.25) is 0 Å². The van der Waals surface area contributed by atoms with Gasteiger partial charge in [-0.2, -0.15) is 0 Å². The number of fused-ring (bicyclic) bond motifs is 1. The average Bonchev–Trinajstić information content (AvgIpc) is 2.71. The standard InChI is InChI=1S/C22H27ClO6/c1-3-10-26-12-16(24)14-28-21-7-5-6-19-18(21)8-9-20(23)22(19)29-15-17(25)13-27-11-4-2/h3-9,16-17,24-25H,1-2,10-15H2. The summed E-state index contributed by atoms with van der Waals surface area (Å²) in [5, 5.41) is 21.9. The molecule has 0 bridgehead atoms. The van der Waals surface area contributed by atoms with E-state index in [1.54, 1.807) is 24.3 Å². The van der Waals surface area contributed by atoms with Crippen molar-refractivity contribution < 1.29 is 29.2 Å². The summed E-state index contributed by atoms with van der Waals surface area (Å²) in [5.41, 5.74) is 0. The maximum absolute atomic E-state index is 9.99. The third-order valence-electron chi connectivity index (χ3n) is 3.87. The minimum absolute atomic E-state index is 0.0282. The fraction of sp³-hybridized carbons (Fsp3) is 0.364. The molecule has 158 valence electrons. The topological polar surface area (TPSA) is 77.4 Å². The summed E-state index contributed by atoms with van der Waals surface area (Å²) < 4.78 is 22.0. The van der Waals surface area contributed by atoms with Gasteiger partial charge < -0.3 is 29.2 Å². The maximum atomic E-state index is 9.99. The number of halogens is 1. The number of benzene rings is 2. The number of aliphatic hydroxyl groups excluding tert-OH is 2. The Labute approximate surface area is 175 Å². The molecule has 0 aliphatic carbocycles. The molecule has 0 aliphatic rings. The molecule has 0 amide bonds. The van der Waals surface area contributed by atoms with Crippen molar-refractivity contribution >= 4 is 22.4 Å². The Balaban J connectivity index is 2.07. The fourth-order valence-electron chi connectivity index (χ4n) is 2.58. The molecule has 7 heteroatoms. The van der Waals surface area contributed by atoms with Crippen molar-refractivity contribution in [1.82, 2.24) is 0 Å². The van der Waals surface area contributed by atoms with Crippen LogP contribution in [0.2, 0.25) is 5.02 Å². The zero-order chi connectivity index (χ0) is 21.1. The summed E-state index contributed by atoms with van der Waals surface area (Å²) in [6, 6.07) is 8.99. The van der Waals surface area contributed by atoms with E-state index in [2.05, 4.69) is 13.2 Å². The van der Waals surface area contributed by atoms with Crippen molar-refractivity contribution in [2.24, 2.45) is 0 Å². The van der Waals surface area contributed by atoms with Crippen LogP contribution in [0.15, 0.2) is 55.6 Å². The Kier molecular flexibility index (Phi) is 9.97. The first kappa shape index (κ1) is 23.2. The summed E-state index contributed by atoms with van der Waals surface area (Å²) in [7, 11) is 0. The van der Waals surface area contributed by atoms with E-state index in [4.69, 9.17) is 30.5 Å². The van der Waals surface area contributed by atoms with Crippen molar-refractivity contribution in [3.8, 4) is 11.5 Å². The molecule has 0 heterocycles. The SMILES string of the molecule is C=CCOCC(O)COc1cccc2c(OCC(O)COCC=C)c(Cl)ccc12. The lowest BCUT2D eigenvalue weighted by atomic mass is 10.1.